The van der Waals surface area contributed by atoms with Crippen LogP contribution in [0.5, 0.6) is 0 Å². The lowest BCUT2D eigenvalue weighted by Crippen LogP contribution is -2.42. The van der Waals surface area contributed by atoms with Gasteiger partial charge in [0, 0.05) is 39.3 Å². The van der Waals surface area contributed by atoms with Gasteiger partial charge in [-0.05, 0) is 19.8 Å². The van der Waals surface area contributed by atoms with Crippen LogP contribution in [0.1, 0.15) is 104 Å². The summed E-state index contributed by atoms with van der Waals surface area (Å²) in [6, 6.07) is 1.18. The van der Waals surface area contributed by atoms with E-state index in [1.807, 2.05) is 0 Å². The molecule has 0 aromatic heterocycles. The molecule has 0 radical (unpaired) electrons. The topological polar surface area (TPSA) is 53.7 Å². The highest BCUT2D eigenvalue weighted by Gasteiger charge is 2.36. The lowest BCUT2D eigenvalue weighted by atomic mass is 10.0. The molecule has 1 atom stereocenters. The van der Waals surface area contributed by atoms with E-state index in [1.165, 1.54) is 83.5 Å². The van der Waals surface area contributed by atoms with Crippen LogP contribution >= 0.6 is 11.6 Å². The number of rotatable bonds is 19. The molecule has 172 valence electrons. The molecule has 0 aliphatic carbocycles. The number of alkyl halides is 1. The Kier molecular flexibility index (Phi) is 25.8. The van der Waals surface area contributed by atoms with E-state index in [2.05, 4.69) is 13.8 Å². The van der Waals surface area contributed by atoms with Crippen molar-refractivity contribution in [3.05, 3.63) is 0 Å². The number of unbranched alkanes of at least 4 members (excludes halogenated alkanes) is 11. The zero-order valence-corrected chi connectivity index (χ0v) is 21.3. The first-order valence-electron chi connectivity index (χ1n) is 11.5. The molecular weight excluding hydrogens is 390 g/mol. The van der Waals surface area contributed by atoms with E-state index >= 15 is 0 Å². The van der Waals surface area contributed by atoms with E-state index in [0.29, 0.717) is 11.9 Å². The average molecular weight is 440 g/mol. The summed E-state index contributed by atoms with van der Waals surface area (Å²) in [7, 11) is 2.49. The van der Waals surface area contributed by atoms with Gasteiger partial charge in [0.25, 0.3) is 0 Å². The van der Waals surface area contributed by atoms with Crippen LogP contribution in [0.25, 0.3) is 0 Å². The zero-order valence-electron chi connectivity index (χ0n) is 19.6. The zero-order chi connectivity index (χ0) is 21.5. The summed E-state index contributed by atoms with van der Waals surface area (Å²) in [6.45, 7) is 4.39. The van der Waals surface area contributed by atoms with Crippen LogP contribution in [-0.4, -0.2) is 42.1 Å². The summed E-state index contributed by atoms with van der Waals surface area (Å²) in [5.41, 5.74) is 5.72. The van der Waals surface area contributed by atoms with E-state index in [-0.39, 0.29) is 0 Å². The van der Waals surface area contributed by atoms with Crippen molar-refractivity contribution in [3.8, 4) is 0 Å². The fourth-order valence-corrected chi connectivity index (χ4v) is 5.23. The molecule has 6 heteroatoms. The lowest BCUT2D eigenvalue weighted by molar-refractivity contribution is 0.123. The molecule has 28 heavy (non-hydrogen) atoms. The first-order chi connectivity index (χ1) is 13.5. The smallest absolute Gasteiger partial charge is 0.377 e. The van der Waals surface area contributed by atoms with Crippen molar-refractivity contribution in [1.82, 2.24) is 0 Å². The molecule has 0 saturated heterocycles. The van der Waals surface area contributed by atoms with Gasteiger partial charge in [0.05, 0.1) is 0 Å². The molecule has 0 aromatic rings. The van der Waals surface area contributed by atoms with Crippen LogP contribution in [0.15, 0.2) is 0 Å². The molecule has 4 nitrogen and oxygen atoms in total. The van der Waals surface area contributed by atoms with Crippen molar-refractivity contribution in [2.45, 2.75) is 116 Å². The summed E-state index contributed by atoms with van der Waals surface area (Å²) >= 11 is 5.53. The minimum atomic E-state index is -2.32. The Labute approximate surface area is 182 Å². The number of nitrogens with two attached hydrogens (primary N) is 1. The summed E-state index contributed by atoms with van der Waals surface area (Å²) in [5, 5.41) is 0. The maximum atomic E-state index is 5.72. The second kappa shape index (κ2) is 23.6. The largest absolute Gasteiger partial charge is 0.500 e. The maximum Gasteiger partial charge on any atom is 0.500 e. The van der Waals surface area contributed by atoms with E-state index in [0.717, 1.165) is 12.5 Å². The molecular formula is C22H50ClNO3Si. The van der Waals surface area contributed by atoms with Crippen LogP contribution in [0.3, 0.4) is 0 Å². The van der Waals surface area contributed by atoms with Gasteiger partial charge in [-0.3, -0.25) is 0 Å². The molecule has 0 spiro atoms. The quantitative estimate of drug-likeness (QED) is 0.135. The molecule has 0 amide bonds. The Bertz CT molecular complexity index is 285. The third kappa shape index (κ3) is 21.1. The first-order valence-corrected chi connectivity index (χ1v) is 14.0. The summed E-state index contributed by atoms with van der Waals surface area (Å²) in [6.07, 6.45) is 19.2. The van der Waals surface area contributed by atoms with Crippen LogP contribution in [0, 0.1) is 0 Å². The Morgan fingerprint density at radius 2 is 1.11 bits per heavy atom. The molecule has 1 unspecified atom stereocenters. The van der Waals surface area contributed by atoms with Crippen molar-refractivity contribution in [1.29, 1.82) is 0 Å². The van der Waals surface area contributed by atoms with Crippen LogP contribution < -0.4 is 5.73 Å². The van der Waals surface area contributed by atoms with Gasteiger partial charge >= 0.3 is 8.80 Å². The molecule has 0 aromatic carbocycles. The fourth-order valence-electron chi connectivity index (χ4n) is 3.15. The summed E-state index contributed by atoms with van der Waals surface area (Å²) in [5.74, 6) is 0.616. The number of hydrogen-bond donors (Lipinski definition) is 1. The van der Waals surface area contributed by atoms with Crippen molar-refractivity contribution in [2.24, 2.45) is 5.73 Å². The molecule has 0 fully saturated rings. The standard InChI is InChI=1S/C16H35N.C6H15ClO3Si/c1-3-4-5-6-7-8-9-10-11-12-13-14-15-16(2)17;1-8-11(9-2,10-3)6-4-5-7/h16H,3-15,17H2,1-2H3;4-6H2,1-3H3. The van der Waals surface area contributed by atoms with Crippen molar-refractivity contribution >= 4 is 20.4 Å². The normalized spacial score (nSPS) is 12.5. The molecule has 2 N–H and O–H groups in total. The van der Waals surface area contributed by atoms with Gasteiger partial charge in [0.2, 0.25) is 0 Å². The number of hydrogen-bond acceptors (Lipinski definition) is 4. The van der Waals surface area contributed by atoms with Gasteiger partial charge in [0.1, 0.15) is 0 Å². The maximum absolute atomic E-state index is 5.72. The first kappa shape index (κ1) is 30.5. The van der Waals surface area contributed by atoms with Crippen LogP contribution in [-0.2, 0) is 13.3 Å². The van der Waals surface area contributed by atoms with Gasteiger partial charge < -0.3 is 19.0 Å². The monoisotopic (exact) mass is 439 g/mol. The number of halogens is 1. The van der Waals surface area contributed by atoms with Crippen LogP contribution in [0.2, 0.25) is 6.04 Å². The predicted octanol–water partition coefficient (Wildman–Crippen LogP) is 6.92. The highest BCUT2D eigenvalue weighted by Crippen LogP contribution is 2.15. The third-order valence-corrected chi connectivity index (χ3v) is 8.16. The predicted molar refractivity (Wildman–Crippen MR) is 126 cm³/mol. The van der Waals surface area contributed by atoms with E-state index in [4.69, 9.17) is 30.6 Å². The summed E-state index contributed by atoms with van der Waals surface area (Å²) < 4.78 is 15.5. The van der Waals surface area contributed by atoms with Gasteiger partial charge in [-0.2, -0.15) is 0 Å². The molecule has 0 bridgehead atoms. The van der Waals surface area contributed by atoms with E-state index < -0.39 is 8.80 Å². The van der Waals surface area contributed by atoms with Gasteiger partial charge in [-0.25, -0.2) is 0 Å². The van der Waals surface area contributed by atoms with Gasteiger partial charge in [-0.1, -0.05) is 84.0 Å². The van der Waals surface area contributed by atoms with Crippen LogP contribution in [0.4, 0.5) is 0 Å². The molecule has 0 aliphatic rings. The molecule has 0 aliphatic heterocycles. The highest BCUT2D eigenvalue weighted by atomic mass is 35.5. The molecule has 0 saturated carbocycles. The highest BCUT2D eigenvalue weighted by molar-refractivity contribution is 6.60. The molecule has 0 heterocycles. The summed E-state index contributed by atoms with van der Waals surface area (Å²) in [4.78, 5) is 0. The minimum Gasteiger partial charge on any atom is -0.377 e. The Morgan fingerprint density at radius 1 is 0.714 bits per heavy atom. The van der Waals surface area contributed by atoms with Crippen molar-refractivity contribution in [3.63, 3.8) is 0 Å². The second-order valence-corrected chi connectivity index (χ2v) is 11.2. The SMILES string of the molecule is CCCCCCCCCCCCCCC(C)N.CO[Si](CCCCl)(OC)OC. The van der Waals surface area contributed by atoms with Gasteiger partial charge in [0.15, 0.2) is 0 Å². The Morgan fingerprint density at radius 3 is 1.43 bits per heavy atom. The van der Waals surface area contributed by atoms with Crippen molar-refractivity contribution < 1.29 is 13.3 Å². The fraction of sp³-hybridized carbons (Fsp3) is 1.00. The second-order valence-electron chi connectivity index (χ2n) is 7.74. The van der Waals surface area contributed by atoms with Crippen molar-refractivity contribution in [2.75, 3.05) is 27.2 Å². The van der Waals surface area contributed by atoms with Gasteiger partial charge in [-0.15, -0.1) is 11.6 Å². The Hall–Kier alpha value is 0.347. The minimum absolute atomic E-state index is 0.401. The van der Waals surface area contributed by atoms with E-state index in [1.54, 1.807) is 21.3 Å². The van der Waals surface area contributed by atoms with E-state index in [9.17, 15) is 0 Å². The average Bonchev–Trinajstić information content (AvgIpc) is 2.70. The lowest BCUT2D eigenvalue weighted by Gasteiger charge is -2.23. The Balaban J connectivity index is 0. The molecule has 0 rings (SSSR count). The third-order valence-electron chi connectivity index (χ3n) is 5.06.